The van der Waals surface area contributed by atoms with Crippen molar-refractivity contribution in [2.24, 2.45) is 5.73 Å². The Bertz CT molecular complexity index is 1100. The molecule has 5 nitrogen and oxygen atoms in total. The summed E-state index contributed by atoms with van der Waals surface area (Å²) in [7, 11) is 0. The average Bonchev–Trinajstić information content (AvgIpc) is 3.24. The first kappa shape index (κ1) is 16.7. The summed E-state index contributed by atoms with van der Waals surface area (Å²) < 4.78 is 6.07. The van der Waals surface area contributed by atoms with Gasteiger partial charge in [0, 0.05) is 10.4 Å². The summed E-state index contributed by atoms with van der Waals surface area (Å²) in [6.45, 7) is 4.11. The number of rotatable bonds is 4. The summed E-state index contributed by atoms with van der Waals surface area (Å²) in [5, 5.41) is 2.92. The van der Waals surface area contributed by atoms with Gasteiger partial charge in [0.1, 0.15) is 10.6 Å². The molecule has 26 heavy (non-hydrogen) atoms. The lowest BCUT2D eigenvalue weighted by atomic mass is 10.2. The molecule has 0 aliphatic carbocycles. The van der Waals surface area contributed by atoms with Gasteiger partial charge in [0.25, 0.3) is 0 Å². The number of amides is 1. The van der Waals surface area contributed by atoms with E-state index in [1.807, 2.05) is 24.4 Å². The molecule has 0 radical (unpaired) electrons. The van der Waals surface area contributed by atoms with Crippen LogP contribution in [0.2, 0.25) is 0 Å². The average molecular weight is 381 g/mol. The lowest BCUT2D eigenvalue weighted by Crippen LogP contribution is -2.10. The highest BCUT2D eigenvalue weighted by atomic mass is 32.1. The molecule has 0 aliphatic rings. The minimum Gasteiger partial charge on any atom is -0.438 e. The lowest BCUT2D eigenvalue weighted by Gasteiger charge is -2.09. The molecule has 3 aromatic heterocycles. The Labute approximate surface area is 158 Å². The predicted octanol–water partition coefficient (Wildman–Crippen LogP) is 4.93. The molecule has 4 rings (SSSR count). The van der Waals surface area contributed by atoms with E-state index >= 15 is 0 Å². The fourth-order valence-electron chi connectivity index (χ4n) is 2.60. The van der Waals surface area contributed by atoms with E-state index in [2.05, 4.69) is 11.9 Å². The van der Waals surface area contributed by atoms with Crippen LogP contribution < -0.4 is 10.5 Å². The standard InChI is InChI=1S/C19H15N3O2S2/c1-10-11(2)26-19-15(10)18(21-17(22-19)14-4-3-9-25-14)24-13-7-5-12(6-8-13)16(20)23/h3-9H,1-2H3,(H2,20,23). The van der Waals surface area contributed by atoms with Crippen LogP contribution in [0.5, 0.6) is 11.6 Å². The first-order valence-corrected chi connectivity index (χ1v) is 9.62. The van der Waals surface area contributed by atoms with Crippen LogP contribution in [0.15, 0.2) is 41.8 Å². The zero-order chi connectivity index (χ0) is 18.3. The summed E-state index contributed by atoms with van der Waals surface area (Å²) in [5.74, 6) is 1.30. The maximum atomic E-state index is 11.2. The maximum absolute atomic E-state index is 11.2. The van der Waals surface area contributed by atoms with Crippen LogP contribution in [0.4, 0.5) is 0 Å². The van der Waals surface area contributed by atoms with E-state index < -0.39 is 5.91 Å². The first-order valence-electron chi connectivity index (χ1n) is 7.92. The Morgan fingerprint density at radius 2 is 1.88 bits per heavy atom. The zero-order valence-corrected chi connectivity index (χ0v) is 15.8. The van der Waals surface area contributed by atoms with E-state index in [0.717, 1.165) is 20.7 Å². The van der Waals surface area contributed by atoms with E-state index in [-0.39, 0.29) is 0 Å². The summed E-state index contributed by atoms with van der Waals surface area (Å²) >= 11 is 3.22. The zero-order valence-electron chi connectivity index (χ0n) is 14.1. The van der Waals surface area contributed by atoms with Crippen LogP contribution in [-0.2, 0) is 0 Å². The largest absolute Gasteiger partial charge is 0.438 e. The van der Waals surface area contributed by atoms with Crippen LogP contribution in [0.1, 0.15) is 20.8 Å². The Morgan fingerprint density at radius 1 is 1.12 bits per heavy atom. The number of carbonyl (C=O) groups excluding carboxylic acids is 1. The van der Waals surface area contributed by atoms with E-state index in [9.17, 15) is 4.79 Å². The molecule has 0 unspecified atom stereocenters. The number of hydrogen-bond acceptors (Lipinski definition) is 6. The number of ether oxygens (including phenoxy) is 1. The second kappa shape index (κ2) is 6.51. The fraction of sp³-hybridized carbons (Fsp3) is 0.105. The van der Waals surface area contributed by atoms with Gasteiger partial charge in [-0.1, -0.05) is 6.07 Å². The van der Waals surface area contributed by atoms with Gasteiger partial charge in [-0.3, -0.25) is 4.79 Å². The summed E-state index contributed by atoms with van der Waals surface area (Å²) in [6, 6.07) is 10.7. The molecule has 1 aromatic carbocycles. The second-order valence-electron chi connectivity index (χ2n) is 5.78. The number of thiophene rings is 2. The number of fused-ring (bicyclic) bond motifs is 1. The molecular formula is C19H15N3O2S2. The predicted molar refractivity (Wildman–Crippen MR) is 105 cm³/mol. The molecule has 0 fully saturated rings. The number of aromatic nitrogens is 2. The fourth-order valence-corrected chi connectivity index (χ4v) is 4.28. The number of nitrogens with zero attached hydrogens (tertiary/aromatic N) is 2. The number of primary amides is 1. The minimum absolute atomic E-state index is 0.437. The van der Waals surface area contributed by atoms with Gasteiger partial charge in [0.05, 0.1) is 10.3 Å². The van der Waals surface area contributed by atoms with Crippen molar-refractivity contribution in [3.8, 4) is 22.3 Å². The molecule has 2 N–H and O–H groups in total. The molecule has 0 atom stereocenters. The Hall–Kier alpha value is -2.77. The van der Waals surface area contributed by atoms with E-state index in [0.29, 0.717) is 23.0 Å². The number of carbonyl (C=O) groups is 1. The Kier molecular flexibility index (Phi) is 4.18. The van der Waals surface area contributed by atoms with Gasteiger partial charge < -0.3 is 10.5 Å². The number of benzene rings is 1. The van der Waals surface area contributed by atoms with Crippen LogP contribution in [0, 0.1) is 13.8 Å². The second-order valence-corrected chi connectivity index (χ2v) is 7.93. The van der Waals surface area contributed by atoms with Crippen LogP contribution in [-0.4, -0.2) is 15.9 Å². The van der Waals surface area contributed by atoms with Gasteiger partial charge in [-0.15, -0.1) is 22.7 Å². The van der Waals surface area contributed by atoms with Crippen LogP contribution in [0.25, 0.3) is 20.9 Å². The van der Waals surface area contributed by atoms with Gasteiger partial charge in [-0.25, -0.2) is 4.98 Å². The topological polar surface area (TPSA) is 78.1 Å². The maximum Gasteiger partial charge on any atom is 0.248 e. The highest BCUT2D eigenvalue weighted by molar-refractivity contribution is 7.18. The first-order chi connectivity index (χ1) is 12.5. The van der Waals surface area contributed by atoms with Crippen molar-refractivity contribution < 1.29 is 9.53 Å². The molecule has 0 saturated heterocycles. The van der Waals surface area contributed by atoms with Crippen molar-refractivity contribution in [2.75, 3.05) is 0 Å². The molecular weight excluding hydrogens is 366 g/mol. The van der Waals surface area contributed by atoms with Crippen molar-refractivity contribution in [1.82, 2.24) is 9.97 Å². The van der Waals surface area contributed by atoms with Crippen molar-refractivity contribution in [1.29, 1.82) is 0 Å². The van der Waals surface area contributed by atoms with Gasteiger partial charge in [0.15, 0.2) is 5.82 Å². The lowest BCUT2D eigenvalue weighted by molar-refractivity contribution is 0.100. The van der Waals surface area contributed by atoms with E-state index in [4.69, 9.17) is 15.5 Å². The van der Waals surface area contributed by atoms with Crippen molar-refractivity contribution >= 4 is 38.8 Å². The Morgan fingerprint density at radius 3 is 2.54 bits per heavy atom. The third-order valence-electron chi connectivity index (χ3n) is 4.09. The van der Waals surface area contributed by atoms with E-state index in [1.165, 1.54) is 4.88 Å². The molecule has 0 spiro atoms. The highest BCUT2D eigenvalue weighted by Crippen LogP contribution is 2.38. The molecule has 130 valence electrons. The number of hydrogen-bond donors (Lipinski definition) is 1. The number of aryl methyl sites for hydroxylation is 2. The van der Waals surface area contributed by atoms with Crippen molar-refractivity contribution in [2.45, 2.75) is 13.8 Å². The third kappa shape index (κ3) is 2.95. The quantitative estimate of drug-likeness (QED) is 0.544. The SMILES string of the molecule is Cc1sc2nc(-c3cccs3)nc(Oc3ccc(C(N)=O)cc3)c2c1C. The summed E-state index contributed by atoms with van der Waals surface area (Å²) in [5.41, 5.74) is 6.84. The smallest absolute Gasteiger partial charge is 0.248 e. The van der Waals surface area contributed by atoms with Crippen molar-refractivity contribution in [3.05, 3.63) is 57.8 Å². The molecule has 4 aromatic rings. The normalized spacial score (nSPS) is 11.0. The monoisotopic (exact) mass is 381 g/mol. The van der Waals surface area contributed by atoms with Gasteiger partial charge in [-0.05, 0) is 55.1 Å². The summed E-state index contributed by atoms with van der Waals surface area (Å²) in [6.07, 6.45) is 0. The van der Waals surface area contributed by atoms with Crippen LogP contribution in [0.3, 0.4) is 0 Å². The van der Waals surface area contributed by atoms with Crippen LogP contribution >= 0.6 is 22.7 Å². The van der Waals surface area contributed by atoms with Gasteiger partial charge >= 0.3 is 0 Å². The van der Waals surface area contributed by atoms with Gasteiger partial charge in [-0.2, -0.15) is 4.98 Å². The molecule has 0 aliphatic heterocycles. The molecule has 0 saturated carbocycles. The molecule has 3 heterocycles. The third-order valence-corrected chi connectivity index (χ3v) is 6.06. The minimum atomic E-state index is -0.467. The number of nitrogens with two attached hydrogens (primary N) is 1. The van der Waals surface area contributed by atoms with E-state index in [1.54, 1.807) is 46.9 Å². The van der Waals surface area contributed by atoms with Crippen molar-refractivity contribution in [3.63, 3.8) is 0 Å². The molecule has 1 amide bonds. The molecule has 0 bridgehead atoms. The highest BCUT2D eigenvalue weighted by Gasteiger charge is 2.17. The van der Waals surface area contributed by atoms with Gasteiger partial charge in [0.2, 0.25) is 11.8 Å². The summed E-state index contributed by atoms with van der Waals surface area (Å²) in [4.78, 5) is 23.7. The molecule has 7 heteroatoms. The Balaban J connectivity index is 1.83.